The molecule has 0 spiro atoms. The predicted octanol–water partition coefficient (Wildman–Crippen LogP) is 4.19. The number of rotatable bonds is 3. The van der Waals surface area contributed by atoms with Crippen LogP contribution in [-0.4, -0.2) is 14.3 Å². The van der Waals surface area contributed by atoms with Gasteiger partial charge < -0.3 is 5.32 Å². The fourth-order valence-electron chi connectivity index (χ4n) is 2.63. The topological polar surface area (TPSA) is 63.2 Å². The molecule has 1 amide bonds. The lowest BCUT2D eigenvalue weighted by molar-refractivity contribution is -0.111. The highest BCUT2D eigenvalue weighted by Gasteiger charge is 2.33. The second-order valence-electron chi connectivity index (χ2n) is 5.75. The van der Waals surface area contributed by atoms with Crippen molar-refractivity contribution in [3.63, 3.8) is 0 Å². The van der Waals surface area contributed by atoms with Crippen molar-refractivity contribution in [2.24, 2.45) is 0 Å². The highest BCUT2D eigenvalue weighted by atomic mass is 35.5. The summed E-state index contributed by atoms with van der Waals surface area (Å²) in [7, 11) is -3.70. The van der Waals surface area contributed by atoms with Crippen LogP contribution in [0.1, 0.15) is 16.7 Å². The minimum absolute atomic E-state index is 0.0634. The predicted molar refractivity (Wildman–Crippen MR) is 100 cm³/mol. The third-order valence-electron chi connectivity index (χ3n) is 4.17. The van der Waals surface area contributed by atoms with Crippen molar-refractivity contribution in [1.29, 1.82) is 0 Å². The zero-order valence-corrected chi connectivity index (χ0v) is 15.3. The Labute approximate surface area is 151 Å². The number of allylic oxidation sites excluding steroid dienone is 1. The number of hydrogen-bond acceptors (Lipinski definition) is 3. The Morgan fingerprint density at radius 2 is 1.80 bits per heavy atom. The van der Waals surface area contributed by atoms with Gasteiger partial charge in [-0.25, -0.2) is 8.42 Å². The van der Waals surface area contributed by atoms with E-state index in [9.17, 15) is 13.2 Å². The van der Waals surface area contributed by atoms with Crippen LogP contribution < -0.4 is 5.32 Å². The molecule has 0 atom stereocenters. The number of anilines is 1. The average Bonchev–Trinajstić information content (AvgIpc) is 2.77. The molecule has 4 nitrogen and oxygen atoms in total. The number of aryl methyl sites for hydroxylation is 1. The summed E-state index contributed by atoms with van der Waals surface area (Å²) >= 11 is 6.20. The second kappa shape index (κ2) is 6.50. The van der Waals surface area contributed by atoms with Gasteiger partial charge in [-0.15, -0.1) is 0 Å². The molecule has 0 radical (unpaired) electrons. The van der Waals surface area contributed by atoms with E-state index in [1.807, 2.05) is 26.0 Å². The van der Waals surface area contributed by atoms with E-state index in [0.29, 0.717) is 11.3 Å². The Kier molecular flexibility index (Phi) is 4.54. The number of sulfone groups is 1. The normalized spacial score (nSPS) is 15.5. The number of amides is 1. The number of fused-ring (bicyclic) bond motifs is 1. The fourth-order valence-corrected chi connectivity index (χ4v) is 4.76. The van der Waals surface area contributed by atoms with E-state index in [1.54, 1.807) is 24.3 Å². The second-order valence-corrected chi connectivity index (χ2v) is 8.01. The Morgan fingerprint density at radius 3 is 2.52 bits per heavy atom. The maximum atomic E-state index is 12.5. The van der Waals surface area contributed by atoms with E-state index in [1.165, 1.54) is 18.2 Å². The van der Waals surface area contributed by atoms with E-state index in [0.717, 1.165) is 11.1 Å². The van der Waals surface area contributed by atoms with Gasteiger partial charge in [-0.05, 0) is 43.2 Å². The van der Waals surface area contributed by atoms with E-state index >= 15 is 0 Å². The summed E-state index contributed by atoms with van der Waals surface area (Å²) in [6.07, 6.45) is 2.43. The van der Waals surface area contributed by atoms with Crippen LogP contribution in [0.5, 0.6) is 0 Å². The molecule has 1 aliphatic heterocycles. The zero-order chi connectivity index (χ0) is 18.2. The lowest BCUT2D eigenvalue weighted by Crippen LogP contribution is -2.10. The maximum absolute atomic E-state index is 12.5. The van der Waals surface area contributed by atoms with Gasteiger partial charge in [0.1, 0.15) is 0 Å². The average molecular weight is 374 g/mol. The van der Waals surface area contributed by atoms with Crippen LogP contribution in [0, 0.1) is 13.8 Å². The Bertz CT molecular complexity index is 1040. The number of halogens is 1. The number of hydrogen-bond donors (Lipinski definition) is 1. The molecule has 0 unspecified atom stereocenters. The number of carbonyl (C=O) groups is 1. The molecule has 0 saturated carbocycles. The summed E-state index contributed by atoms with van der Waals surface area (Å²) < 4.78 is 25.1. The smallest absolute Gasteiger partial charge is 0.248 e. The van der Waals surface area contributed by atoms with Gasteiger partial charge in [-0.1, -0.05) is 41.9 Å². The van der Waals surface area contributed by atoms with Crippen molar-refractivity contribution in [3.8, 4) is 0 Å². The van der Waals surface area contributed by atoms with Crippen molar-refractivity contribution in [1.82, 2.24) is 0 Å². The number of nitrogens with one attached hydrogen (secondary N) is 1. The third kappa shape index (κ3) is 3.13. The van der Waals surface area contributed by atoms with Gasteiger partial charge in [0, 0.05) is 17.3 Å². The van der Waals surface area contributed by atoms with Gasteiger partial charge in [0.2, 0.25) is 15.7 Å². The van der Waals surface area contributed by atoms with Gasteiger partial charge in [0.25, 0.3) is 0 Å². The third-order valence-corrected chi connectivity index (χ3v) is 6.54. The Hall–Kier alpha value is -2.37. The van der Waals surface area contributed by atoms with Gasteiger partial charge in [-0.3, -0.25) is 4.79 Å². The fraction of sp³-hybridized carbons (Fsp3) is 0.105. The first kappa shape index (κ1) is 17.5. The molecule has 1 heterocycles. The van der Waals surface area contributed by atoms with Gasteiger partial charge in [-0.2, -0.15) is 0 Å². The molecule has 0 fully saturated rings. The molecule has 0 bridgehead atoms. The van der Waals surface area contributed by atoms with Gasteiger partial charge in [0.15, 0.2) is 0 Å². The van der Waals surface area contributed by atoms with Crippen molar-refractivity contribution in [2.45, 2.75) is 18.7 Å². The Balaban J connectivity index is 1.86. The summed E-state index contributed by atoms with van der Waals surface area (Å²) in [5, 5.41) is 2.88. The SMILES string of the molecule is Cc1cccc(NC(=O)/C=C/C2=C(Cl)c3ccccc3S2(=O)=O)c1C. The minimum atomic E-state index is -3.70. The number of carbonyl (C=O) groups excluding carboxylic acids is 1. The molecule has 3 rings (SSSR count). The number of benzene rings is 2. The first-order chi connectivity index (χ1) is 11.8. The zero-order valence-electron chi connectivity index (χ0n) is 13.7. The van der Waals surface area contributed by atoms with E-state index in [4.69, 9.17) is 11.6 Å². The summed E-state index contributed by atoms with van der Waals surface area (Å²) in [5.41, 5.74) is 3.16. The quantitative estimate of drug-likeness (QED) is 0.820. The van der Waals surface area contributed by atoms with Crippen LogP contribution in [-0.2, 0) is 14.6 Å². The van der Waals surface area contributed by atoms with Gasteiger partial charge in [0.05, 0.1) is 14.8 Å². The molecule has 1 aliphatic rings. The molecule has 0 aromatic heterocycles. The monoisotopic (exact) mass is 373 g/mol. The maximum Gasteiger partial charge on any atom is 0.248 e. The first-order valence-corrected chi connectivity index (χ1v) is 9.48. The first-order valence-electron chi connectivity index (χ1n) is 7.62. The molecule has 1 N–H and O–H groups in total. The van der Waals surface area contributed by atoms with Crippen molar-refractivity contribution >= 4 is 38.1 Å². The highest BCUT2D eigenvalue weighted by molar-refractivity contribution is 7.96. The van der Waals surface area contributed by atoms with Crippen LogP contribution >= 0.6 is 11.6 Å². The van der Waals surface area contributed by atoms with E-state index in [-0.39, 0.29) is 14.8 Å². The molecule has 128 valence electrons. The molecular weight excluding hydrogens is 358 g/mol. The van der Waals surface area contributed by atoms with Gasteiger partial charge >= 0.3 is 0 Å². The largest absolute Gasteiger partial charge is 0.322 e. The summed E-state index contributed by atoms with van der Waals surface area (Å²) in [6.45, 7) is 3.86. The van der Waals surface area contributed by atoms with Crippen molar-refractivity contribution in [2.75, 3.05) is 5.32 Å². The molecule has 2 aromatic rings. The van der Waals surface area contributed by atoms with Crippen molar-refractivity contribution < 1.29 is 13.2 Å². The standard InChI is InChI=1S/C19H16ClNO3S/c1-12-6-5-8-15(13(12)2)21-18(22)11-10-17-19(20)14-7-3-4-9-16(14)25(17,23)24/h3-11H,1-2H3,(H,21,22)/b11-10+. The van der Waals surface area contributed by atoms with Crippen LogP contribution in [0.25, 0.3) is 5.03 Å². The lowest BCUT2D eigenvalue weighted by Gasteiger charge is -2.08. The summed E-state index contributed by atoms with van der Waals surface area (Å²) in [6, 6.07) is 12.1. The van der Waals surface area contributed by atoms with Crippen LogP contribution in [0.2, 0.25) is 0 Å². The Morgan fingerprint density at radius 1 is 1.08 bits per heavy atom. The molecule has 2 aromatic carbocycles. The van der Waals surface area contributed by atoms with Crippen LogP contribution in [0.4, 0.5) is 5.69 Å². The molecule has 0 saturated heterocycles. The highest BCUT2D eigenvalue weighted by Crippen LogP contribution is 2.41. The minimum Gasteiger partial charge on any atom is -0.322 e. The van der Waals surface area contributed by atoms with E-state index < -0.39 is 15.7 Å². The van der Waals surface area contributed by atoms with E-state index in [2.05, 4.69) is 5.32 Å². The van der Waals surface area contributed by atoms with Crippen LogP contribution in [0.3, 0.4) is 0 Å². The molecular formula is C19H16ClNO3S. The van der Waals surface area contributed by atoms with Crippen molar-refractivity contribution in [3.05, 3.63) is 76.2 Å². The molecule has 25 heavy (non-hydrogen) atoms. The molecule has 0 aliphatic carbocycles. The van der Waals surface area contributed by atoms with Crippen LogP contribution in [0.15, 0.2) is 64.4 Å². The summed E-state index contributed by atoms with van der Waals surface area (Å²) in [4.78, 5) is 12.3. The summed E-state index contributed by atoms with van der Waals surface area (Å²) in [5.74, 6) is -0.420. The molecule has 6 heteroatoms. The lowest BCUT2D eigenvalue weighted by atomic mass is 10.1.